The Morgan fingerprint density at radius 1 is 1.16 bits per heavy atom. The van der Waals surface area contributed by atoms with Gasteiger partial charge in [-0.15, -0.1) is 0 Å². The number of hydrogen-bond acceptors (Lipinski definition) is 1. The van der Waals surface area contributed by atoms with Gasteiger partial charge in [-0.2, -0.15) is 0 Å². The SMILES string of the molecule is C[NH+](C)CCCNC(=O)c1cc(F)c(F)c(F)c1F. The van der Waals surface area contributed by atoms with Gasteiger partial charge in [0.25, 0.3) is 5.91 Å². The minimum absolute atomic E-state index is 0.240. The van der Waals surface area contributed by atoms with Gasteiger partial charge in [0.2, 0.25) is 0 Å². The topological polar surface area (TPSA) is 33.5 Å². The fourth-order valence-corrected chi connectivity index (χ4v) is 1.48. The van der Waals surface area contributed by atoms with Gasteiger partial charge in [0.05, 0.1) is 26.2 Å². The first-order valence-electron chi connectivity index (χ1n) is 5.74. The zero-order valence-electron chi connectivity index (χ0n) is 10.6. The molecule has 0 aliphatic carbocycles. The van der Waals surface area contributed by atoms with Crippen LogP contribution in [0.5, 0.6) is 0 Å². The molecule has 0 spiro atoms. The molecule has 0 bridgehead atoms. The van der Waals surface area contributed by atoms with E-state index >= 15 is 0 Å². The second-order valence-corrected chi connectivity index (χ2v) is 4.41. The standard InChI is InChI=1S/C12H14F4N2O/c1-18(2)5-3-4-17-12(19)7-6-8(13)10(15)11(16)9(7)14/h6H,3-5H2,1-2H3,(H,17,19)/p+1. The molecule has 3 nitrogen and oxygen atoms in total. The monoisotopic (exact) mass is 279 g/mol. The van der Waals surface area contributed by atoms with Gasteiger partial charge in [-0.05, 0) is 6.07 Å². The van der Waals surface area contributed by atoms with Crippen molar-refractivity contribution in [2.45, 2.75) is 6.42 Å². The molecule has 0 aromatic heterocycles. The first-order valence-corrected chi connectivity index (χ1v) is 5.74. The Hall–Kier alpha value is -1.63. The molecule has 1 aromatic rings. The highest BCUT2D eigenvalue weighted by Crippen LogP contribution is 2.18. The summed E-state index contributed by atoms with van der Waals surface area (Å²) in [5, 5.41) is 2.32. The Bertz CT molecular complexity index is 477. The predicted molar refractivity (Wildman–Crippen MR) is 60.9 cm³/mol. The molecular formula is C12H15F4N2O+. The Labute approximate surface area is 108 Å². The minimum Gasteiger partial charge on any atom is -0.352 e. The van der Waals surface area contributed by atoms with E-state index in [0.717, 1.165) is 6.54 Å². The molecule has 0 radical (unpaired) electrons. The van der Waals surface area contributed by atoms with E-state index < -0.39 is 34.7 Å². The van der Waals surface area contributed by atoms with Crippen LogP contribution < -0.4 is 10.2 Å². The van der Waals surface area contributed by atoms with E-state index in [1.165, 1.54) is 4.90 Å². The molecule has 2 N–H and O–H groups in total. The summed E-state index contributed by atoms with van der Waals surface area (Å²) >= 11 is 0. The van der Waals surface area contributed by atoms with E-state index in [4.69, 9.17) is 0 Å². The molecule has 106 valence electrons. The molecule has 0 aliphatic heterocycles. The molecule has 0 saturated carbocycles. The molecule has 0 atom stereocenters. The van der Waals surface area contributed by atoms with Crippen molar-refractivity contribution >= 4 is 5.91 Å². The average molecular weight is 279 g/mol. The fourth-order valence-electron chi connectivity index (χ4n) is 1.48. The van der Waals surface area contributed by atoms with Crippen molar-refractivity contribution in [1.82, 2.24) is 5.32 Å². The van der Waals surface area contributed by atoms with E-state index in [1.807, 2.05) is 14.1 Å². The Kier molecular flexibility index (Phi) is 5.29. The zero-order valence-corrected chi connectivity index (χ0v) is 10.6. The summed E-state index contributed by atoms with van der Waals surface area (Å²) in [4.78, 5) is 12.7. The third-order valence-electron chi connectivity index (χ3n) is 2.49. The summed E-state index contributed by atoms with van der Waals surface area (Å²) in [6.45, 7) is 1.01. The summed E-state index contributed by atoms with van der Waals surface area (Å²) in [6, 6.07) is 0.347. The minimum atomic E-state index is -1.98. The molecule has 0 fully saturated rings. The average Bonchev–Trinajstić information content (AvgIpc) is 2.36. The number of halogens is 4. The van der Waals surface area contributed by atoms with E-state index in [1.54, 1.807) is 0 Å². The number of hydrogen-bond donors (Lipinski definition) is 2. The zero-order chi connectivity index (χ0) is 14.6. The highest BCUT2D eigenvalue weighted by Gasteiger charge is 2.22. The molecule has 0 heterocycles. The van der Waals surface area contributed by atoms with Crippen molar-refractivity contribution in [2.24, 2.45) is 0 Å². The van der Waals surface area contributed by atoms with Gasteiger partial charge < -0.3 is 10.2 Å². The van der Waals surface area contributed by atoms with Crippen molar-refractivity contribution in [3.8, 4) is 0 Å². The first-order chi connectivity index (χ1) is 8.84. The van der Waals surface area contributed by atoms with Crippen LogP contribution in [0.25, 0.3) is 0 Å². The van der Waals surface area contributed by atoms with Crippen LogP contribution in [-0.4, -0.2) is 33.1 Å². The van der Waals surface area contributed by atoms with E-state index in [-0.39, 0.29) is 6.54 Å². The Morgan fingerprint density at radius 2 is 1.79 bits per heavy atom. The van der Waals surface area contributed by atoms with Gasteiger partial charge in [-0.25, -0.2) is 17.6 Å². The third kappa shape index (κ3) is 3.92. The van der Waals surface area contributed by atoms with E-state index in [2.05, 4.69) is 5.32 Å². The van der Waals surface area contributed by atoms with Crippen molar-refractivity contribution in [1.29, 1.82) is 0 Å². The van der Waals surface area contributed by atoms with Crippen LogP contribution in [0.4, 0.5) is 17.6 Å². The van der Waals surface area contributed by atoms with Crippen LogP contribution in [-0.2, 0) is 0 Å². The number of quaternary nitrogens is 1. The molecule has 1 aromatic carbocycles. The van der Waals surface area contributed by atoms with Crippen LogP contribution in [0.3, 0.4) is 0 Å². The number of benzene rings is 1. The molecule has 0 aliphatic rings. The van der Waals surface area contributed by atoms with E-state index in [9.17, 15) is 22.4 Å². The maximum atomic E-state index is 13.3. The quantitative estimate of drug-likeness (QED) is 0.350. The Balaban J connectivity index is 2.73. The molecule has 7 heteroatoms. The van der Waals surface area contributed by atoms with Crippen molar-refractivity contribution in [3.05, 3.63) is 34.9 Å². The maximum Gasteiger partial charge on any atom is 0.254 e. The lowest BCUT2D eigenvalue weighted by Crippen LogP contribution is -3.05. The lowest BCUT2D eigenvalue weighted by Gasteiger charge is -2.09. The van der Waals surface area contributed by atoms with Gasteiger partial charge in [0.15, 0.2) is 23.3 Å². The van der Waals surface area contributed by atoms with Crippen LogP contribution in [0.15, 0.2) is 6.07 Å². The predicted octanol–water partition coefficient (Wildman–Crippen LogP) is 0.507. The van der Waals surface area contributed by atoms with E-state index in [0.29, 0.717) is 12.5 Å². The van der Waals surface area contributed by atoms with Gasteiger partial charge in [-0.3, -0.25) is 4.79 Å². The first kappa shape index (κ1) is 15.4. The van der Waals surface area contributed by atoms with Gasteiger partial charge >= 0.3 is 0 Å². The number of amides is 1. The van der Waals surface area contributed by atoms with Gasteiger partial charge in [-0.1, -0.05) is 0 Å². The molecular weight excluding hydrogens is 264 g/mol. The third-order valence-corrected chi connectivity index (χ3v) is 2.49. The smallest absolute Gasteiger partial charge is 0.254 e. The number of carbonyl (C=O) groups is 1. The van der Waals surface area contributed by atoms with Gasteiger partial charge in [0, 0.05) is 13.0 Å². The molecule has 1 amide bonds. The van der Waals surface area contributed by atoms with Crippen LogP contribution in [0.1, 0.15) is 16.8 Å². The summed E-state index contributed by atoms with van der Waals surface area (Å²) in [7, 11) is 3.85. The van der Waals surface area contributed by atoms with Crippen molar-refractivity contribution in [3.63, 3.8) is 0 Å². The number of carbonyl (C=O) groups excluding carboxylic acids is 1. The van der Waals surface area contributed by atoms with Gasteiger partial charge in [0.1, 0.15) is 0 Å². The summed E-state index contributed by atoms with van der Waals surface area (Å²) < 4.78 is 51.8. The highest BCUT2D eigenvalue weighted by molar-refractivity contribution is 5.94. The molecule has 0 unspecified atom stereocenters. The van der Waals surface area contributed by atoms with Crippen LogP contribution in [0, 0.1) is 23.3 Å². The lowest BCUT2D eigenvalue weighted by atomic mass is 10.1. The largest absolute Gasteiger partial charge is 0.352 e. The summed E-state index contributed by atoms with van der Waals surface area (Å²) in [6.07, 6.45) is 0.627. The fraction of sp³-hybridized carbons (Fsp3) is 0.417. The summed E-state index contributed by atoms with van der Waals surface area (Å²) in [5.41, 5.74) is -0.839. The highest BCUT2D eigenvalue weighted by atomic mass is 19.2. The molecule has 1 rings (SSSR count). The second-order valence-electron chi connectivity index (χ2n) is 4.41. The molecule has 0 saturated heterocycles. The number of rotatable bonds is 5. The Morgan fingerprint density at radius 3 is 2.37 bits per heavy atom. The molecule has 19 heavy (non-hydrogen) atoms. The lowest BCUT2D eigenvalue weighted by molar-refractivity contribution is -0.858. The van der Waals surface area contributed by atoms with Crippen LogP contribution in [0.2, 0.25) is 0 Å². The van der Waals surface area contributed by atoms with Crippen molar-refractivity contribution in [2.75, 3.05) is 27.2 Å². The second kappa shape index (κ2) is 6.51. The maximum absolute atomic E-state index is 13.3. The van der Waals surface area contributed by atoms with Crippen LogP contribution >= 0.6 is 0 Å². The number of nitrogens with one attached hydrogen (secondary N) is 2. The summed E-state index contributed by atoms with van der Waals surface area (Å²) in [5.74, 6) is -8.16. The normalized spacial score (nSPS) is 10.9. The van der Waals surface area contributed by atoms with Crippen molar-refractivity contribution < 1.29 is 27.3 Å².